The molecule has 0 aromatic carbocycles. The van der Waals surface area contributed by atoms with Crippen molar-refractivity contribution in [1.82, 2.24) is 9.44 Å². The van der Waals surface area contributed by atoms with Crippen molar-refractivity contribution in [3.63, 3.8) is 0 Å². The average Bonchev–Trinajstić information content (AvgIpc) is 2.28. The van der Waals surface area contributed by atoms with Gasteiger partial charge in [0.2, 0.25) is 0 Å². The van der Waals surface area contributed by atoms with E-state index in [4.69, 9.17) is 0 Å². The fourth-order valence-corrected chi connectivity index (χ4v) is 3.18. The van der Waals surface area contributed by atoms with E-state index in [1.807, 2.05) is 0 Å². The minimum atomic E-state index is -4.00. The van der Waals surface area contributed by atoms with Crippen LogP contribution in [0.15, 0.2) is 0 Å². The first-order chi connectivity index (χ1) is 7.93. The molecule has 0 atom stereocenters. The van der Waals surface area contributed by atoms with E-state index >= 15 is 0 Å². The second kappa shape index (κ2) is 5.65. The maximum absolute atomic E-state index is 11.6. The zero-order chi connectivity index (χ0) is 12.9. The number of hydrogen-bond donors (Lipinski definition) is 3. The Labute approximate surface area is 101 Å². The summed E-state index contributed by atoms with van der Waals surface area (Å²) < 4.78 is 31.4. The topological polar surface area (TPSA) is 105 Å². The van der Waals surface area contributed by atoms with Crippen LogP contribution in [0.2, 0.25) is 0 Å². The smallest absolute Gasteiger partial charge is 0.421 e. The van der Waals surface area contributed by atoms with E-state index in [0.29, 0.717) is 12.8 Å². The molecule has 0 unspecified atom stereocenters. The van der Waals surface area contributed by atoms with Gasteiger partial charge >= 0.3 is 16.3 Å². The molecule has 1 saturated carbocycles. The second-order valence-corrected chi connectivity index (χ2v) is 5.61. The monoisotopic (exact) mass is 266 g/mol. The van der Waals surface area contributed by atoms with Crippen molar-refractivity contribution < 1.29 is 23.1 Å². The lowest BCUT2D eigenvalue weighted by Gasteiger charge is -2.35. The second-order valence-electron chi connectivity index (χ2n) is 4.20. The fraction of sp³-hybridized carbons (Fsp3) is 0.889. The van der Waals surface area contributed by atoms with E-state index in [1.54, 1.807) is 4.72 Å². The molecule has 1 amide bonds. The van der Waals surface area contributed by atoms with Crippen LogP contribution in [0.3, 0.4) is 0 Å². The van der Waals surface area contributed by atoms with Crippen LogP contribution >= 0.6 is 0 Å². The Morgan fingerprint density at radius 1 is 1.35 bits per heavy atom. The number of nitrogens with one attached hydrogen (secondary N) is 2. The first-order valence-electron chi connectivity index (χ1n) is 5.43. The fourth-order valence-electron chi connectivity index (χ4n) is 1.98. The molecule has 0 aromatic heterocycles. The van der Waals surface area contributed by atoms with Gasteiger partial charge in [0.25, 0.3) is 0 Å². The molecule has 0 radical (unpaired) electrons. The number of carbonyl (C=O) groups is 1. The highest BCUT2D eigenvalue weighted by molar-refractivity contribution is 7.88. The molecule has 1 fully saturated rings. The summed E-state index contributed by atoms with van der Waals surface area (Å²) in [5.74, 6) is 0. The first kappa shape index (κ1) is 14.2. The van der Waals surface area contributed by atoms with Gasteiger partial charge in [0.1, 0.15) is 0 Å². The van der Waals surface area contributed by atoms with Crippen LogP contribution in [0.25, 0.3) is 0 Å². The van der Waals surface area contributed by atoms with Crippen LogP contribution in [0.5, 0.6) is 0 Å². The van der Waals surface area contributed by atoms with E-state index in [2.05, 4.69) is 9.46 Å². The quantitative estimate of drug-likeness (QED) is 0.657. The van der Waals surface area contributed by atoms with E-state index in [1.165, 1.54) is 0 Å². The molecule has 17 heavy (non-hydrogen) atoms. The maximum Gasteiger partial charge on any atom is 0.421 e. The van der Waals surface area contributed by atoms with Crippen molar-refractivity contribution in [2.24, 2.45) is 0 Å². The molecule has 0 spiro atoms. The van der Waals surface area contributed by atoms with Crippen LogP contribution in [0, 0.1) is 0 Å². The van der Waals surface area contributed by atoms with Crippen LogP contribution < -0.4 is 9.44 Å². The molecular formula is C9H18N2O5S. The number of methoxy groups -OCH3 is 1. The van der Waals surface area contributed by atoms with Crippen molar-refractivity contribution in [3.8, 4) is 0 Å². The molecule has 1 rings (SSSR count). The normalized spacial score (nSPS) is 19.6. The third kappa shape index (κ3) is 4.14. The van der Waals surface area contributed by atoms with E-state index in [0.717, 1.165) is 26.4 Å². The number of hydrogen-bond acceptors (Lipinski definition) is 5. The minimum absolute atomic E-state index is 0.283. The van der Waals surface area contributed by atoms with Crippen LogP contribution in [-0.4, -0.2) is 38.9 Å². The van der Waals surface area contributed by atoms with E-state index in [-0.39, 0.29) is 6.61 Å². The Kier molecular flexibility index (Phi) is 4.72. The lowest BCUT2D eigenvalue weighted by molar-refractivity contribution is 0.141. The summed E-state index contributed by atoms with van der Waals surface area (Å²) in [6.07, 6.45) is 2.79. The predicted molar refractivity (Wildman–Crippen MR) is 60.5 cm³/mol. The summed E-state index contributed by atoms with van der Waals surface area (Å²) in [6.45, 7) is -0.283. The van der Waals surface area contributed by atoms with Gasteiger partial charge in [-0.25, -0.2) is 9.52 Å². The van der Waals surface area contributed by atoms with Gasteiger partial charge in [-0.05, 0) is 12.8 Å². The summed E-state index contributed by atoms with van der Waals surface area (Å²) in [5.41, 5.74) is -0.863. The maximum atomic E-state index is 11.6. The Morgan fingerprint density at radius 2 is 1.94 bits per heavy atom. The number of aliphatic hydroxyl groups excluding tert-OH is 1. The average molecular weight is 266 g/mol. The third-order valence-electron chi connectivity index (χ3n) is 2.87. The molecule has 0 aromatic rings. The Balaban J connectivity index is 2.69. The van der Waals surface area contributed by atoms with Gasteiger partial charge in [0, 0.05) is 0 Å². The lowest BCUT2D eigenvalue weighted by Crippen LogP contribution is -2.56. The SMILES string of the molecule is COC(=O)NS(=O)(=O)NC1(CO)CCCCC1. The number of carbonyl (C=O) groups excluding carboxylic acids is 1. The molecule has 8 heteroatoms. The van der Waals surface area contributed by atoms with Gasteiger partial charge < -0.3 is 9.84 Å². The highest BCUT2D eigenvalue weighted by Gasteiger charge is 2.36. The number of rotatable bonds is 4. The number of amides is 1. The summed E-state index contributed by atoms with van der Waals surface area (Å²) in [5, 5.41) is 9.33. The molecule has 0 saturated heterocycles. The molecule has 0 heterocycles. The summed E-state index contributed by atoms with van der Waals surface area (Å²) in [4.78, 5) is 10.8. The van der Waals surface area contributed by atoms with Gasteiger partial charge in [0.15, 0.2) is 0 Å². The Hall–Kier alpha value is -0.860. The summed E-state index contributed by atoms with van der Waals surface area (Å²) in [7, 11) is -2.92. The number of aliphatic hydroxyl groups is 1. The molecule has 3 N–H and O–H groups in total. The van der Waals surface area contributed by atoms with Gasteiger partial charge in [-0.2, -0.15) is 13.1 Å². The highest BCUT2D eigenvalue weighted by atomic mass is 32.2. The van der Waals surface area contributed by atoms with Crippen molar-refractivity contribution >= 4 is 16.3 Å². The van der Waals surface area contributed by atoms with Crippen LogP contribution in [-0.2, 0) is 14.9 Å². The Bertz CT molecular complexity index is 362. The minimum Gasteiger partial charge on any atom is -0.452 e. The largest absolute Gasteiger partial charge is 0.452 e. The van der Waals surface area contributed by atoms with Crippen molar-refractivity contribution in [3.05, 3.63) is 0 Å². The zero-order valence-electron chi connectivity index (χ0n) is 9.73. The van der Waals surface area contributed by atoms with Crippen molar-refractivity contribution in [2.75, 3.05) is 13.7 Å². The molecular weight excluding hydrogens is 248 g/mol. The zero-order valence-corrected chi connectivity index (χ0v) is 10.5. The van der Waals surface area contributed by atoms with E-state index < -0.39 is 21.8 Å². The molecule has 1 aliphatic rings. The first-order valence-corrected chi connectivity index (χ1v) is 6.92. The summed E-state index contributed by atoms with van der Waals surface area (Å²) in [6, 6.07) is 0. The van der Waals surface area contributed by atoms with Gasteiger partial charge in [0.05, 0.1) is 19.3 Å². The van der Waals surface area contributed by atoms with Gasteiger partial charge in [-0.1, -0.05) is 19.3 Å². The van der Waals surface area contributed by atoms with Gasteiger partial charge in [-0.3, -0.25) is 0 Å². The molecule has 0 bridgehead atoms. The third-order valence-corrected chi connectivity index (χ3v) is 4.00. The summed E-state index contributed by atoms with van der Waals surface area (Å²) >= 11 is 0. The predicted octanol–water partition coefficient (Wildman–Crippen LogP) is -0.128. The number of ether oxygens (including phenoxy) is 1. The lowest BCUT2D eigenvalue weighted by atomic mass is 9.83. The molecule has 0 aliphatic heterocycles. The molecule has 100 valence electrons. The standard InChI is InChI=1S/C9H18N2O5S/c1-16-8(13)10-17(14,15)11-9(7-12)5-3-2-4-6-9/h11-12H,2-7H2,1H3,(H,10,13). The van der Waals surface area contributed by atoms with Crippen molar-refractivity contribution in [1.29, 1.82) is 0 Å². The molecule has 1 aliphatic carbocycles. The highest BCUT2D eigenvalue weighted by Crippen LogP contribution is 2.28. The van der Waals surface area contributed by atoms with E-state index in [9.17, 15) is 18.3 Å². The van der Waals surface area contributed by atoms with Crippen LogP contribution in [0.1, 0.15) is 32.1 Å². The van der Waals surface area contributed by atoms with Gasteiger partial charge in [-0.15, -0.1) is 0 Å². The molecule has 7 nitrogen and oxygen atoms in total. The Morgan fingerprint density at radius 3 is 2.41 bits per heavy atom. The van der Waals surface area contributed by atoms with Crippen LogP contribution in [0.4, 0.5) is 4.79 Å². The van der Waals surface area contributed by atoms with Crippen molar-refractivity contribution in [2.45, 2.75) is 37.6 Å².